The van der Waals surface area contributed by atoms with E-state index in [9.17, 15) is 0 Å². The van der Waals surface area contributed by atoms with Crippen molar-refractivity contribution < 1.29 is 0 Å². The largest absolute Gasteiger partial charge is 0.355 e. The second-order valence-electron chi connectivity index (χ2n) is 7.66. The quantitative estimate of drug-likeness (QED) is 0.292. The third kappa shape index (κ3) is 4.40. The molecule has 5 aromatic carbocycles. The molecule has 0 saturated carbocycles. The molecule has 0 saturated heterocycles. The van der Waals surface area contributed by atoms with Gasteiger partial charge in [-0.05, 0) is 47.5 Å². The highest BCUT2D eigenvalue weighted by Crippen LogP contribution is 2.40. The summed E-state index contributed by atoms with van der Waals surface area (Å²) in [5, 5.41) is 7.29. The molecule has 0 fully saturated rings. The van der Waals surface area contributed by atoms with E-state index >= 15 is 0 Å². The Bertz CT molecular complexity index is 1180. The van der Waals surface area contributed by atoms with Gasteiger partial charge in [0.1, 0.15) is 0 Å². The summed E-state index contributed by atoms with van der Waals surface area (Å²) in [5.74, 6) is 0. The van der Waals surface area contributed by atoms with Crippen LogP contribution < -0.4 is 10.6 Å². The van der Waals surface area contributed by atoms with Gasteiger partial charge in [0.25, 0.3) is 0 Å². The maximum absolute atomic E-state index is 3.64. The fraction of sp³-hybridized carbons (Fsp3) is 0. The molecule has 0 radical (unpaired) electrons. The number of para-hydroxylation sites is 2. The van der Waals surface area contributed by atoms with Crippen LogP contribution in [0.5, 0.6) is 0 Å². The first-order valence-corrected chi connectivity index (χ1v) is 10.8. The van der Waals surface area contributed by atoms with Gasteiger partial charge >= 0.3 is 0 Å². The maximum atomic E-state index is 3.64. The fourth-order valence-electron chi connectivity index (χ4n) is 3.87. The van der Waals surface area contributed by atoms with Crippen molar-refractivity contribution in [2.75, 3.05) is 10.6 Å². The molecule has 0 aliphatic rings. The molecule has 0 aliphatic carbocycles. The fourth-order valence-corrected chi connectivity index (χ4v) is 3.87. The summed E-state index contributed by atoms with van der Waals surface area (Å²) >= 11 is 0. The van der Waals surface area contributed by atoms with Crippen molar-refractivity contribution in [2.24, 2.45) is 0 Å². The number of nitrogens with one attached hydrogen (secondary N) is 2. The minimum absolute atomic E-state index is 1.06. The minimum atomic E-state index is 1.06. The molecule has 154 valence electrons. The van der Waals surface area contributed by atoms with E-state index in [1.165, 1.54) is 11.1 Å². The molecular formula is C30H24N2. The van der Waals surface area contributed by atoms with Crippen LogP contribution >= 0.6 is 0 Å². The van der Waals surface area contributed by atoms with E-state index < -0.39 is 0 Å². The van der Waals surface area contributed by atoms with Crippen molar-refractivity contribution in [3.63, 3.8) is 0 Å². The standard InChI is InChI=1S/C30H24N2/c1-5-13-23(14-6-1)27-21-30(32-26-19-11-4-12-20-26)28(24-15-7-2-8-16-24)22-29(27)31-25-17-9-3-10-18-25/h1-22,31-32H. The third-order valence-electron chi connectivity index (χ3n) is 5.43. The Labute approximate surface area is 189 Å². The number of hydrogen-bond acceptors (Lipinski definition) is 2. The normalized spacial score (nSPS) is 10.5. The maximum Gasteiger partial charge on any atom is 0.0471 e. The molecule has 0 atom stereocenters. The van der Waals surface area contributed by atoms with Crippen LogP contribution in [0.3, 0.4) is 0 Å². The average Bonchev–Trinajstić information content (AvgIpc) is 2.87. The van der Waals surface area contributed by atoms with Gasteiger partial charge in [0.2, 0.25) is 0 Å². The van der Waals surface area contributed by atoms with Crippen LogP contribution in [0.4, 0.5) is 22.7 Å². The molecule has 0 amide bonds. The van der Waals surface area contributed by atoms with E-state index in [0.29, 0.717) is 0 Å². The van der Waals surface area contributed by atoms with Crippen LogP contribution in [0.15, 0.2) is 133 Å². The molecule has 0 unspecified atom stereocenters. The van der Waals surface area contributed by atoms with Crippen molar-refractivity contribution in [2.45, 2.75) is 0 Å². The van der Waals surface area contributed by atoms with Crippen LogP contribution in [0.25, 0.3) is 22.3 Å². The van der Waals surface area contributed by atoms with E-state index in [0.717, 1.165) is 33.9 Å². The van der Waals surface area contributed by atoms with Gasteiger partial charge in [-0.3, -0.25) is 0 Å². The van der Waals surface area contributed by atoms with Gasteiger partial charge in [0.05, 0.1) is 0 Å². The van der Waals surface area contributed by atoms with E-state index in [4.69, 9.17) is 0 Å². The van der Waals surface area contributed by atoms with Crippen LogP contribution in [0.2, 0.25) is 0 Å². The molecule has 0 bridgehead atoms. The SMILES string of the molecule is c1ccc(Nc2cc(-c3ccccc3)c(Nc3ccccc3)cc2-c2ccccc2)cc1. The molecule has 0 aromatic heterocycles. The second-order valence-corrected chi connectivity index (χ2v) is 7.66. The Morgan fingerprint density at radius 1 is 0.344 bits per heavy atom. The van der Waals surface area contributed by atoms with Gasteiger partial charge in [0, 0.05) is 33.9 Å². The van der Waals surface area contributed by atoms with E-state index in [1.807, 2.05) is 36.4 Å². The summed E-state index contributed by atoms with van der Waals surface area (Å²) in [4.78, 5) is 0. The van der Waals surface area contributed by atoms with E-state index in [2.05, 4.69) is 108 Å². The Morgan fingerprint density at radius 3 is 1.00 bits per heavy atom. The molecular weight excluding hydrogens is 388 g/mol. The number of hydrogen-bond donors (Lipinski definition) is 2. The third-order valence-corrected chi connectivity index (χ3v) is 5.43. The first kappa shape index (κ1) is 19.7. The Morgan fingerprint density at radius 2 is 0.656 bits per heavy atom. The second kappa shape index (κ2) is 9.23. The monoisotopic (exact) mass is 412 g/mol. The minimum Gasteiger partial charge on any atom is -0.355 e. The summed E-state index contributed by atoms with van der Waals surface area (Å²) in [6.07, 6.45) is 0. The number of anilines is 4. The lowest BCUT2D eigenvalue weighted by atomic mass is 9.95. The molecule has 0 heterocycles. The average molecular weight is 413 g/mol. The molecule has 2 nitrogen and oxygen atoms in total. The molecule has 5 aromatic rings. The Hall–Kier alpha value is -4.30. The van der Waals surface area contributed by atoms with Crippen molar-refractivity contribution in [3.8, 4) is 22.3 Å². The Balaban J connectivity index is 1.70. The molecule has 2 N–H and O–H groups in total. The number of benzene rings is 5. The van der Waals surface area contributed by atoms with Crippen LogP contribution in [-0.4, -0.2) is 0 Å². The van der Waals surface area contributed by atoms with Gasteiger partial charge < -0.3 is 10.6 Å². The predicted octanol–water partition coefficient (Wildman–Crippen LogP) is 8.51. The lowest BCUT2D eigenvalue weighted by molar-refractivity contribution is 1.49. The topological polar surface area (TPSA) is 24.1 Å². The highest BCUT2D eigenvalue weighted by molar-refractivity contribution is 5.93. The Kier molecular flexibility index (Phi) is 5.67. The van der Waals surface area contributed by atoms with Crippen LogP contribution in [-0.2, 0) is 0 Å². The summed E-state index contributed by atoms with van der Waals surface area (Å²) in [5.41, 5.74) is 8.89. The molecule has 0 spiro atoms. The first-order chi connectivity index (χ1) is 15.9. The van der Waals surface area contributed by atoms with Gasteiger partial charge in [-0.2, -0.15) is 0 Å². The summed E-state index contributed by atoms with van der Waals surface area (Å²) in [6, 6.07) is 46.2. The zero-order valence-electron chi connectivity index (χ0n) is 17.7. The highest BCUT2D eigenvalue weighted by Gasteiger charge is 2.14. The van der Waals surface area contributed by atoms with Crippen molar-refractivity contribution in [3.05, 3.63) is 133 Å². The highest BCUT2D eigenvalue weighted by atomic mass is 14.9. The van der Waals surface area contributed by atoms with Crippen LogP contribution in [0, 0.1) is 0 Å². The van der Waals surface area contributed by atoms with Gasteiger partial charge in [-0.25, -0.2) is 0 Å². The van der Waals surface area contributed by atoms with Crippen LogP contribution in [0.1, 0.15) is 0 Å². The predicted molar refractivity (Wildman–Crippen MR) is 137 cm³/mol. The van der Waals surface area contributed by atoms with Crippen molar-refractivity contribution in [1.82, 2.24) is 0 Å². The lowest BCUT2D eigenvalue weighted by Crippen LogP contribution is -1.99. The smallest absolute Gasteiger partial charge is 0.0471 e. The molecule has 0 aliphatic heterocycles. The summed E-state index contributed by atoms with van der Waals surface area (Å²) in [6.45, 7) is 0. The zero-order valence-corrected chi connectivity index (χ0v) is 17.7. The number of rotatable bonds is 6. The van der Waals surface area contributed by atoms with Gasteiger partial charge in [0.15, 0.2) is 0 Å². The summed E-state index contributed by atoms with van der Waals surface area (Å²) < 4.78 is 0. The van der Waals surface area contributed by atoms with E-state index in [-0.39, 0.29) is 0 Å². The van der Waals surface area contributed by atoms with Gasteiger partial charge in [-0.1, -0.05) is 97.1 Å². The van der Waals surface area contributed by atoms with E-state index in [1.54, 1.807) is 0 Å². The molecule has 5 rings (SSSR count). The molecule has 2 heteroatoms. The van der Waals surface area contributed by atoms with Gasteiger partial charge in [-0.15, -0.1) is 0 Å². The van der Waals surface area contributed by atoms with Crippen molar-refractivity contribution >= 4 is 22.7 Å². The molecule has 32 heavy (non-hydrogen) atoms. The zero-order chi connectivity index (χ0) is 21.6. The summed E-state index contributed by atoms with van der Waals surface area (Å²) in [7, 11) is 0. The first-order valence-electron chi connectivity index (χ1n) is 10.8. The van der Waals surface area contributed by atoms with Crippen molar-refractivity contribution in [1.29, 1.82) is 0 Å². The lowest BCUT2D eigenvalue weighted by Gasteiger charge is -2.19.